The molecular weight excluding hydrogens is 376 g/mol. The zero-order chi connectivity index (χ0) is 21.5. The number of para-hydroxylation sites is 1. The number of rotatable bonds is 7. The molecule has 2 amide bonds. The summed E-state index contributed by atoms with van der Waals surface area (Å²) in [7, 11) is 3.51. The minimum Gasteiger partial charge on any atom is -0.496 e. The lowest BCUT2D eigenvalue weighted by atomic mass is 9.93. The Bertz CT molecular complexity index is 844. The second kappa shape index (κ2) is 10.3. The van der Waals surface area contributed by atoms with Gasteiger partial charge in [0.2, 0.25) is 11.8 Å². The van der Waals surface area contributed by atoms with Crippen LogP contribution in [0.5, 0.6) is 5.75 Å². The molecule has 2 aromatic carbocycles. The third-order valence-electron chi connectivity index (χ3n) is 6.18. The number of piperidine rings is 1. The van der Waals surface area contributed by atoms with Crippen molar-refractivity contribution in [3.63, 3.8) is 0 Å². The number of likely N-dealkylation sites (tertiary alicyclic amines) is 1. The van der Waals surface area contributed by atoms with E-state index in [0.717, 1.165) is 30.6 Å². The lowest BCUT2D eigenvalue weighted by Gasteiger charge is -2.35. The molecule has 1 aliphatic rings. The van der Waals surface area contributed by atoms with Crippen LogP contribution in [0.4, 0.5) is 0 Å². The van der Waals surface area contributed by atoms with Crippen molar-refractivity contribution in [1.29, 1.82) is 0 Å². The van der Waals surface area contributed by atoms with E-state index in [9.17, 15) is 9.59 Å². The minimum absolute atomic E-state index is 0.0367. The van der Waals surface area contributed by atoms with Gasteiger partial charge in [-0.05, 0) is 37.8 Å². The van der Waals surface area contributed by atoms with Crippen LogP contribution in [-0.2, 0) is 16.0 Å². The maximum Gasteiger partial charge on any atom is 0.226 e. The molecule has 0 N–H and O–H groups in total. The molecule has 1 saturated heterocycles. The Morgan fingerprint density at radius 1 is 1.07 bits per heavy atom. The summed E-state index contributed by atoms with van der Waals surface area (Å²) >= 11 is 0. The van der Waals surface area contributed by atoms with Crippen molar-refractivity contribution in [3.05, 3.63) is 65.7 Å². The highest BCUT2D eigenvalue weighted by Crippen LogP contribution is 2.30. The van der Waals surface area contributed by atoms with E-state index in [1.165, 1.54) is 5.56 Å². The van der Waals surface area contributed by atoms with Crippen molar-refractivity contribution >= 4 is 11.8 Å². The molecule has 160 valence electrons. The fourth-order valence-electron chi connectivity index (χ4n) is 4.13. The molecule has 30 heavy (non-hydrogen) atoms. The molecule has 0 radical (unpaired) electrons. The molecule has 1 aliphatic heterocycles. The van der Waals surface area contributed by atoms with E-state index in [-0.39, 0.29) is 23.8 Å². The third kappa shape index (κ3) is 5.21. The van der Waals surface area contributed by atoms with E-state index in [1.54, 1.807) is 7.11 Å². The molecule has 5 nitrogen and oxygen atoms in total. The summed E-state index contributed by atoms with van der Waals surface area (Å²) in [6.45, 7) is 3.33. The average Bonchev–Trinajstić information content (AvgIpc) is 2.81. The Hall–Kier alpha value is -2.82. The standard InChI is InChI=1S/C25H32N2O3/c1-19(22-11-7-8-12-23(22)30-3)26(2)25(29)21-15-17-27(18-16-21)24(28)14-13-20-9-5-4-6-10-20/h4-12,19,21H,13-18H2,1-3H3. The van der Waals surface area contributed by atoms with Crippen molar-refractivity contribution in [3.8, 4) is 5.75 Å². The molecule has 3 rings (SSSR count). The van der Waals surface area contributed by atoms with Gasteiger partial charge in [0.1, 0.15) is 5.75 Å². The predicted octanol–water partition coefficient (Wildman–Crippen LogP) is 4.09. The van der Waals surface area contributed by atoms with Gasteiger partial charge in [0.25, 0.3) is 0 Å². The SMILES string of the molecule is COc1ccccc1C(C)N(C)C(=O)C1CCN(C(=O)CCc2ccccc2)CC1. The number of amides is 2. The second-order valence-corrected chi connectivity index (χ2v) is 8.01. The van der Waals surface area contributed by atoms with Crippen molar-refractivity contribution < 1.29 is 14.3 Å². The maximum absolute atomic E-state index is 13.1. The van der Waals surface area contributed by atoms with Crippen LogP contribution < -0.4 is 4.74 Å². The summed E-state index contributed by atoms with van der Waals surface area (Å²) < 4.78 is 5.46. The summed E-state index contributed by atoms with van der Waals surface area (Å²) in [6.07, 6.45) is 2.73. The van der Waals surface area contributed by atoms with E-state index >= 15 is 0 Å². The molecule has 0 aliphatic carbocycles. The van der Waals surface area contributed by atoms with Crippen molar-refractivity contribution in [2.24, 2.45) is 5.92 Å². The summed E-state index contributed by atoms with van der Waals surface area (Å²) in [4.78, 5) is 29.4. The summed E-state index contributed by atoms with van der Waals surface area (Å²) in [6, 6.07) is 17.8. The van der Waals surface area contributed by atoms with Gasteiger partial charge in [0.15, 0.2) is 0 Å². The van der Waals surface area contributed by atoms with Gasteiger partial charge in [-0.2, -0.15) is 0 Å². The first-order valence-corrected chi connectivity index (χ1v) is 10.7. The first-order valence-electron chi connectivity index (χ1n) is 10.7. The van der Waals surface area contributed by atoms with Gasteiger partial charge in [0.05, 0.1) is 13.2 Å². The van der Waals surface area contributed by atoms with Crippen LogP contribution in [0.1, 0.15) is 43.4 Å². The monoisotopic (exact) mass is 408 g/mol. The molecule has 5 heteroatoms. The highest BCUT2D eigenvalue weighted by Gasteiger charge is 2.31. The van der Waals surface area contributed by atoms with Crippen LogP contribution in [0.25, 0.3) is 0 Å². The van der Waals surface area contributed by atoms with Crippen molar-refractivity contribution in [1.82, 2.24) is 9.80 Å². The molecule has 0 spiro atoms. The second-order valence-electron chi connectivity index (χ2n) is 8.01. The maximum atomic E-state index is 13.1. The largest absolute Gasteiger partial charge is 0.496 e. The van der Waals surface area contributed by atoms with Gasteiger partial charge in [-0.3, -0.25) is 9.59 Å². The van der Waals surface area contributed by atoms with Crippen LogP contribution in [0.15, 0.2) is 54.6 Å². The van der Waals surface area contributed by atoms with Gasteiger partial charge in [-0.15, -0.1) is 0 Å². The highest BCUT2D eigenvalue weighted by atomic mass is 16.5. The molecular formula is C25H32N2O3. The van der Waals surface area contributed by atoms with Crippen molar-refractivity contribution in [2.75, 3.05) is 27.2 Å². The number of hydrogen-bond acceptors (Lipinski definition) is 3. The van der Waals surface area contributed by atoms with E-state index in [1.807, 2.05) is 66.2 Å². The molecule has 2 aromatic rings. The van der Waals surface area contributed by atoms with E-state index in [0.29, 0.717) is 19.5 Å². The first-order chi connectivity index (χ1) is 14.5. The van der Waals surface area contributed by atoms with Crippen LogP contribution in [0.2, 0.25) is 0 Å². The Morgan fingerprint density at radius 3 is 2.37 bits per heavy atom. The molecule has 1 fully saturated rings. The lowest BCUT2D eigenvalue weighted by Crippen LogP contribution is -2.44. The van der Waals surface area contributed by atoms with Crippen LogP contribution in [-0.4, -0.2) is 48.9 Å². The topological polar surface area (TPSA) is 49.9 Å². The Morgan fingerprint density at radius 2 is 1.70 bits per heavy atom. The number of nitrogens with zero attached hydrogens (tertiary/aromatic N) is 2. The Balaban J connectivity index is 1.51. The van der Waals surface area contributed by atoms with Gasteiger partial charge in [-0.1, -0.05) is 48.5 Å². The third-order valence-corrected chi connectivity index (χ3v) is 6.18. The van der Waals surface area contributed by atoms with Crippen LogP contribution >= 0.6 is 0 Å². The van der Waals surface area contributed by atoms with Gasteiger partial charge in [0, 0.05) is 38.0 Å². The Kier molecular flexibility index (Phi) is 7.50. The molecule has 1 heterocycles. The van der Waals surface area contributed by atoms with E-state index in [4.69, 9.17) is 4.74 Å². The first kappa shape index (κ1) is 21.9. The number of ether oxygens (including phenoxy) is 1. The summed E-state index contributed by atoms with van der Waals surface area (Å²) in [5, 5.41) is 0. The van der Waals surface area contributed by atoms with Crippen LogP contribution in [0.3, 0.4) is 0 Å². The zero-order valence-electron chi connectivity index (χ0n) is 18.2. The van der Waals surface area contributed by atoms with Crippen LogP contribution in [0, 0.1) is 5.92 Å². The molecule has 1 unspecified atom stereocenters. The minimum atomic E-state index is -0.0702. The number of aryl methyl sites for hydroxylation is 1. The summed E-state index contributed by atoms with van der Waals surface area (Å²) in [5.41, 5.74) is 2.19. The highest BCUT2D eigenvalue weighted by molar-refractivity contribution is 5.80. The number of hydrogen-bond donors (Lipinski definition) is 0. The quantitative estimate of drug-likeness (QED) is 0.693. The number of carbonyl (C=O) groups is 2. The average molecular weight is 409 g/mol. The zero-order valence-corrected chi connectivity index (χ0v) is 18.2. The van der Waals surface area contributed by atoms with E-state index in [2.05, 4.69) is 12.1 Å². The smallest absolute Gasteiger partial charge is 0.226 e. The summed E-state index contributed by atoms with van der Waals surface area (Å²) in [5.74, 6) is 1.08. The molecule has 0 saturated carbocycles. The van der Waals surface area contributed by atoms with Gasteiger partial charge >= 0.3 is 0 Å². The van der Waals surface area contributed by atoms with Gasteiger partial charge in [-0.25, -0.2) is 0 Å². The van der Waals surface area contributed by atoms with Gasteiger partial charge < -0.3 is 14.5 Å². The molecule has 0 aromatic heterocycles. The number of benzene rings is 2. The fourth-order valence-corrected chi connectivity index (χ4v) is 4.13. The van der Waals surface area contributed by atoms with Crippen molar-refractivity contribution in [2.45, 2.75) is 38.6 Å². The normalized spacial score (nSPS) is 15.5. The Labute approximate surface area is 179 Å². The molecule has 0 bridgehead atoms. The lowest BCUT2D eigenvalue weighted by molar-refractivity contribution is -0.141. The number of carbonyl (C=O) groups excluding carboxylic acids is 2. The predicted molar refractivity (Wildman–Crippen MR) is 118 cm³/mol. The number of methoxy groups -OCH3 is 1. The van der Waals surface area contributed by atoms with E-state index < -0.39 is 0 Å². The fraction of sp³-hybridized carbons (Fsp3) is 0.440. The molecule has 1 atom stereocenters.